The summed E-state index contributed by atoms with van der Waals surface area (Å²) in [4.78, 5) is 0. The van der Waals surface area contributed by atoms with Gasteiger partial charge in [-0.05, 0) is 18.4 Å². The topological polar surface area (TPSA) is 20.2 Å². The maximum absolute atomic E-state index is 9.25. The Hall–Kier alpha value is -1.08. The van der Waals surface area contributed by atoms with Gasteiger partial charge in [0.1, 0.15) is 0 Å². The Bertz CT molecular complexity index is 262. The zero-order valence-corrected chi connectivity index (χ0v) is 8.14. The minimum atomic E-state index is -0.278. The SMILES string of the molecule is CC(O)C(C)/C=C/c1ccccc1. The summed E-state index contributed by atoms with van der Waals surface area (Å²) in [5.41, 5.74) is 1.18. The van der Waals surface area contributed by atoms with E-state index >= 15 is 0 Å². The number of hydrogen-bond donors (Lipinski definition) is 1. The number of aliphatic hydroxyl groups excluding tert-OH is 1. The molecule has 0 aliphatic rings. The van der Waals surface area contributed by atoms with Gasteiger partial charge in [0.15, 0.2) is 0 Å². The van der Waals surface area contributed by atoms with Crippen molar-refractivity contribution in [2.45, 2.75) is 20.0 Å². The van der Waals surface area contributed by atoms with Gasteiger partial charge in [-0.25, -0.2) is 0 Å². The van der Waals surface area contributed by atoms with Gasteiger partial charge >= 0.3 is 0 Å². The van der Waals surface area contributed by atoms with Crippen LogP contribution in [0.15, 0.2) is 36.4 Å². The number of benzene rings is 1. The van der Waals surface area contributed by atoms with Crippen molar-refractivity contribution in [3.8, 4) is 0 Å². The van der Waals surface area contributed by atoms with Crippen LogP contribution in [0.1, 0.15) is 19.4 Å². The highest BCUT2D eigenvalue weighted by atomic mass is 16.3. The van der Waals surface area contributed by atoms with E-state index in [1.165, 1.54) is 5.56 Å². The predicted octanol–water partition coefficient (Wildman–Crippen LogP) is 2.72. The summed E-state index contributed by atoms with van der Waals surface area (Å²) in [5.74, 6) is 0.209. The largest absolute Gasteiger partial charge is 0.393 e. The lowest BCUT2D eigenvalue weighted by Crippen LogP contribution is -2.09. The normalized spacial score (nSPS) is 15.9. The first-order valence-electron chi connectivity index (χ1n) is 4.61. The van der Waals surface area contributed by atoms with Crippen LogP contribution in [-0.4, -0.2) is 11.2 Å². The van der Waals surface area contributed by atoms with Crippen molar-refractivity contribution in [2.24, 2.45) is 5.92 Å². The van der Waals surface area contributed by atoms with E-state index in [2.05, 4.69) is 0 Å². The molecule has 0 aliphatic heterocycles. The summed E-state index contributed by atoms with van der Waals surface area (Å²) >= 11 is 0. The Balaban J connectivity index is 2.59. The van der Waals surface area contributed by atoms with Crippen LogP contribution in [0.25, 0.3) is 6.08 Å². The fourth-order valence-corrected chi connectivity index (χ4v) is 0.988. The summed E-state index contributed by atoms with van der Waals surface area (Å²) in [6, 6.07) is 10.1. The fraction of sp³-hybridized carbons (Fsp3) is 0.333. The molecule has 0 aliphatic carbocycles. The van der Waals surface area contributed by atoms with E-state index in [9.17, 15) is 5.11 Å². The van der Waals surface area contributed by atoms with E-state index < -0.39 is 0 Å². The summed E-state index contributed by atoms with van der Waals surface area (Å²) in [6.45, 7) is 3.81. The van der Waals surface area contributed by atoms with Crippen LogP contribution in [0.3, 0.4) is 0 Å². The Morgan fingerprint density at radius 2 is 1.77 bits per heavy atom. The first-order valence-corrected chi connectivity index (χ1v) is 4.61. The van der Waals surface area contributed by atoms with Crippen LogP contribution in [-0.2, 0) is 0 Å². The summed E-state index contributed by atoms with van der Waals surface area (Å²) in [5, 5.41) is 9.25. The molecule has 13 heavy (non-hydrogen) atoms. The molecule has 1 aromatic carbocycles. The standard InChI is InChI=1S/C12H16O/c1-10(11(2)13)8-9-12-6-4-3-5-7-12/h3-11,13H,1-2H3/b9-8+. The second-order valence-corrected chi connectivity index (χ2v) is 3.37. The van der Waals surface area contributed by atoms with Gasteiger partial charge in [-0.15, -0.1) is 0 Å². The van der Waals surface area contributed by atoms with Crippen molar-refractivity contribution in [1.29, 1.82) is 0 Å². The van der Waals surface area contributed by atoms with Gasteiger partial charge in [-0.3, -0.25) is 0 Å². The third kappa shape index (κ3) is 3.43. The molecular weight excluding hydrogens is 160 g/mol. The molecule has 1 nitrogen and oxygen atoms in total. The molecule has 0 amide bonds. The lowest BCUT2D eigenvalue weighted by molar-refractivity contribution is 0.157. The Morgan fingerprint density at radius 1 is 1.15 bits per heavy atom. The Morgan fingerprint density at radius 3 is 2.31 bits per heavy atom. The fourth-order valence-electron chi connectivity index (χ4n) is 0.988. The van der Waals surface area contributed by atoms with E-state index in [1.54, 1.807) is 6.92 Å². The summed E-state index contributed by atoms with van der Waals surface area (Å²) in [7, 11) is 0. The van der Waals surface area contributed by atoms with E-state index in [0.29, 0.717) is 0 Å². The van der Waals surface area contributed by atoms with Crippen LogP contribution in [0.5, 0.6) is 0 Å². The highest BCUT2D eigenvalue weighted by molar-refractivity contribution is 5.48. The molecule has 1 aromatic rings. The Kier molecular flexibility index (Phi) is 3.71. The molecule has 2 unspecified atom stereocenters. The average Bonchev–Trinajstić information content (AvgIpc) is 2.15. The van der Waals surface area contributed by atoms with Gasteiger partial charge in [0, 0.05) is 0 Å². The molecule has 1 rings (SSSR count). The van der Waals surface area contributed by atoms with Gasteiger partial charge < -0.3 is 5.11 Å². The Labute approximate surface area is 79.7 Å². The van der Waals surface area contributed by atoms with E-state index in [4.69, 9.17) is 0 Å². The molecule has 0 saturated heterocycles. The van der Waals surface area contributed by atoms with Crippen molar-refractivity contribution in [1.82, 2.24) is 0 Å². The van der Waals surface area contributed by atoms with Crippen molar-refractivity contribution < 1.29 is 5.11 Å². The van der Waals surface area contributed by atoms with E-state index in [-0.39, 0.29) is 12.0 Å². The lowest BCUT2D eigenvalue weighted by Gasteiger charge is -2.08. The molecule has 70 valence electrons. The third-order valence-electron chi connectivity index (χ3n) is 2.15. The molecular formula is C12H16O. The van der Waals surface area contributed by atoms with Crippen LogP contribution in [0, 0.1) is 5.92 Å². The van der Waals surface area contributed by atoms with Gasteiger partial charge in [-0.1, -0.05) is 49.4 Å². The molecule has 0 saturated carbocycles. The van der Waals surface area contributed by atoms with E-state index in [1.807, 2.05) is 49.4 Å². The van der Waals surface area contributed by atoms with Crippen molar-refractivity contribution in [3.05, 3.63) is 42.0 Å². The van der Waals surface area contributed by atoms with Gasteiger partial charge in [0.2, 0.25) is 0 Å². The molecule has 1 heteroatoms. The molecule has 0 fully saturated rings. The molecule has 0 radical (unpaired) electrons. The number of rotatable bonds is 3. The zero-order valence-electron chi connectivity index (χ0n) is 8.14. The minimum Gasteiger partial charge on any atom is -0.393 e. The van der Waals surface area contributed by atoms with Crippen LogP contribution in [0.2, 0.25) is 0 Å². The van der Waals surface area contributed by atoms with Crippen LogP contribution >= 0.6 is 0 Å². The molecule has 2 atom stereocenters. The quantitative estimate of drug-likeness (QED) is 0.750. The molecule has 0 spiro atoms. The number of aliphatic hydroxyl groups is 1. The number of hydrogen-bond acceptors (Lipinski definition) is 1. The summed E-state index contributed by atoms with van der Waals surface area (Å²) in [6.07, 6.45) is 3.79. The highest BCUT2D eigenvalue weighted by Gasteiger charge is 2.02. The molecule has 0 aromatic heterocycles. The van der Waals surface area contributed by atoms with Crippen molar-refractivity contribution >= 4 is 6.08 Å². The van der Waals surface area contributed by atoms with Crippen molar-refractivity contribution in [2.75, 3.05) is 0 Å². The van der Waals surface area contributed by atoms with Crippen molar-refractivity contribution in [3.63, 3.8) is 0 Å². The predicted molar refractivity (Wildman–Crippen MR) is 56.3 cm³/mol. The zero-order chi connectivity index (χ0) is 9.68. The summed E-state index contributed by atoms with van der Waals surface area (Å²) < 4.78 is 0. The highest BCUT2D eigenvalue weighted by Crippen LogP contribution is 2.08. The third-order valence-corrected chi connectivity index (χ3v) is 2.15. The second kappa shape index (κ2) is 4.83. The van der Waals surface area contributed by atoms with Gasteiger partial charge in [-0.2, -0.15) is 0 Å². The monoisotopic (exact) mass is 176 g/mol. The molecule has 0 bridgehead atoms. The van der Waals surface area contributed by atoms with Crippen LogP contribution in [0.4, 0.5) is 0 Å². The first-order chi connectivity index (χ1) is 6.20. The lowest BCUT2D eigenvalue weighted by atomic mass is 10.0. The van der Waals surface area contributed by atoms with E-state index in [0.717, 1.165) is 0 Å². The van der Waals surface area contributed by atoms with Gasteiger partial charge in [0.25, 0.3) is 0 Å². The molecule has 0 heterocycles. The average molecular weight is 176 g/mol. The molecule has 1 N–H and O–H groups in total. The maximum Gasteiger partial charge on any atom is 0.0572 e. The first kappa shape index (κ1) is 10.0. The second-order valence-electron chi connectivity index (χ2n) is 3.37. The minimum absolute atomic E-state index is 0.209. The maximum atomic E-state index is 9.25. The van der Waals surface area contributed by atoms with Gasteiger partial charge in [0.05, 0.1) is 6.10 Å². The van der Waals surface area contributed by atoms with Crippen LogP contribution < -0.4 is 0 Å². The smallest absolute Gasteiger partial charge is 0.0572 e.